The maximum atomic E-state index is 12.9. The number of hydrogen-bond donors (Lipinski definition) is 5. The molecule has 3 atom stereocenters. The summed E-state index contributed by atoms with van der Waals surface area (Å²) in [6.07, 6.45) is -0.400. The number of tetrazole rings is 1. The number of H-pyrrole nitrogens is 1. The number of carbonyl (C=O) groups excluding carboxylic acids is 2. The van der Waals surface area contributed by atoms with E-state index in [2.05, 4.69) is 25.9 Å². The fourth-order valence-electron chi connectivity index (χ4n) is 3.84. The van der Waals surface area contributed by atoms with Crippen LogP contribution in [0.3, 0.4) is 0 Å². The number of thiophene rings is 1. The SMILES string of the molecule is O=C(O)CCC(Sc1nnn[nH]1)C1=C(C(=O)O)N2C(=O)C(NC(=O)Cc3ccsc3C(=O)O)[C@@H]2SC1. The lowest BCUT2D eigenvalue weighted by atomic mass is 9.99. The Morgan fingerprint density at radius 2 is 2.03 bits per heavy atom. The molecule has 17 heteroatoms. The molecule has 1 saturated heterocycles. The zero-order valence-corrected chi connectivity index (χ0v) is 20.6. The zero-order valence-electron chi connectivity index (χ0n) is 18.1. The number of aliphatic carboxylic acids is 2. The molecule has 0 spiro atoms. The van der Waals surface area contributed by atoms with Gasteiger partial charge in [0.05, 0.1) is 6.42 Å². The summed E-state index contributed by atoms with van der Waals surface area (Å²) in [5.74, 6) is -4.57. The number of amides is 2. The molecule has 14 nitrogen and oxygen atoms in total. The van der Waals surface area contributed by atoms with Crippen LogP contribution in [0.5, 0.6) is 0 Å². The highest BCUT2D eigenvalue weighted by Gasteiger charge is 2.54. The van der Waals surface area contributed by atoms with Gasteiger partial charge in [0.1, 0.15) is 22.0 Å². The number of aromatic nitrogens is 4. The molecule has 0 radical (unpaired) electrons. The van der Waals surface area contributed by atoms with Gasteiger partial charge < -0.3 is 20.6 Å². The Morgan fingerprint density at radius 1 is 1.25 bits per heavy atom. The van der Waals surface area contributed by atoms with Gasteiger partial charge in [-0.15, -0.1) is 28.2 Å². The Hall–Kier alpha value is -3.44. The predicted octanol–water partition coefficient (Wildman–Crippen LogP) is 0.266. The minimum atomic E-state index is -1.35. The van der Waals surface area contributed by atoms with Crippen LogP contribution in [-0.2, 0) is 25.6 Å². The van der Waals surface area contributed by atoms with E-state index >= 15 is 0 Å². The van der Waals surface area contributed by atoms with Crippen molar-refractivity contribution in [1.82, 2.24) is 30.8 Å². The monoisotopic (exact) mass is 554 g/mol. The average Bonchev–Trinajstić information content (AvgIpc) is 3.51. The topological polar surface area (TPSA) is 216 Å². The van der Waals surface area contributed by atoms with Gasteiger partial charge in [-0.25, -0.2) is 14.7 Å². The van der Waals surface area contributed by atoms with E-state index in [9.17, 15) is 34.2 Å². The van der Waals surface area contributed by atoms with E-state index in [0.717, 1.165) is 28.0 Å². The number of nitrogens with zero attached hydrogens (tertiary/aromatic N) is 4. The van der Waals surface area contributed by atoms with Crippen LogP contribution in [0.15, 0.2) is 27.9 Å². The highest BCUT2D eigenvalue weighted by molar-refractivity contribution is 8.01. The molecule has 4 rings (SSSR count). The third-order valence-electron chi connectivity index (χ3n) is 5.40. The lowest BCUT2D eigenvalue weighted by Crippen LogP contribution is -2.70. The predicted molar refractivity (Wildman–Crippen MR) is 125 cm³/mol. The second kappa shape index (κ2) is 10.7. The van der Waals surface area contributed by atoms with Crippen LogP contribution in [0.1, 0.15) is 28.1 Å². The summed E-state index contributed by atoms with van der Waals surface area (Å²) in [4.78, 5) is 61.3. The Labute approximate surface area is 214 Å². The maximum Gasteiger partial charge on any atom is 0.352 e. The normalized spacial score (nSPS) is 19.9. The van der Waals surface area contributed by atoms with Crippen molar-refractivity contribution in [1.29, 1.82) is 0 Å². The lowest BCUT2D eigenvalue weighted by Gasteiger charge is -2.50. The van der Waals surface area contributed by atoms with Crippen LogP contribution in [0.25, 0.3) is 0 Å². The van der Waals surface area contributed by atoms with Crippen molar-refractivity contribution in [2.24, 2.45) is 0 Å². The number of rotatable bonds is 11. The number of carbonyl (C=O) groups is 5. The number of aromatic amines is 1. The molecule has 0 saturated carbocycles. The van der Waals surface area contributed by atoms with Gasteiger partial charge in [-0.3, -0.25) is 19.3 Å². The van der Waals surface area contributed by atoms with E-state index in [-0.39, 0.29) is 40.7 Å². The molecular weight excluding hydrogens is 536 g/mol. The number of thioether (sulfide) groups is 2. The molecule has 0 aliphatic carbocycles. The first-order chi connectivity index (χ1) is 17.2. The van der Waals surface area contributed by atoms with Gasteiger partial charge in [0.2, 0.25) is 11.1 Å². The first-order valence-corrected chi connectivity index (χ1v) is 13.1. The van der Waals surface area contributed by atoms with Crippen LogP contribution in [0.2, 0.25) is 0 Å². The second-order valence-corrected chi connectivity index (χ2v) is 10.8. The van der Waals surface area contributed by atoms with E-state index in [1.165, 1.54) is 17.8 Å². The van der Waals surface area contributed by atoms with Gasteiger partial charge in [0.25, 0.3) is 5.91 Å². The fourth-order valence-corrected chi connectivity index (χ4v) is 7.15. The number of carboxylic acid groups (broad SMARTS) is 3. The third kappa shape index (κ3) is 5.21. The van der Waals surface area contributed by atoms with Gasteiger partial charge in [-0.2, -0.15) is 0 Å². The summed E-state index contributed by atoms with van der Waals surface area (Å²) < 4.78 is 0. The quantitative estimate of drug-likeness (QED) is 0.186. The minimum Gasteiger partial charge on any atom is -0.481 e. The van der Waals surface area contributed by atoms with Crippen molar-refractivity contribution in [2.45, 2.75) is 41.1 Å². The Morgan fingerprint density at radius 3 is 2.67 bits per heavy atom. The molecule has 2 aromatic heterocycles. The highest BCUT2D eigenvalue weighted by Crippen LogP contribution is 2.44. The molecule has 0 bridgehead atoms. The minimum absolute atomic E-state index is 0.0337. The smallest absolute Gasteiger partial charge is 0.352 e. The zero-order chi connectivity index (χ0) is 26.0. The van der Waals surface area contributed by atoms with Crippen LogP contribution in [0, 0.1) is 0 Å². The van der Waals surface area contributed by atoms with Crippen LogP contribution >= 0.6 is 34.9 Å². The maximum absolute atomic E-state index is 12.9. The highest BCUT2D eigenvalue weighted by atomic mass is 32.2. The third-order valence-corrected chi connectivity index (χ3v) is 8.85. The summed E-state index contributed by atoms with van der Waals surface area (Å²) in [7, 11) is 0. The number of hydrogen-bond acceptors (Lipinski definition) is 11. The van der Waals surface area contributed by atoms with Gasteiger partial charge in [0.15, 0.2) is 0 Å². The molecule has 2 aliphatic heterocycles. The number of carboxylic acids is 3. The lowest BCUT2D eigenvalue weighted by molar-refractivity contribution is -0.150. The molecule has 4 heterocycles. The first kappa shape index (κ1) is 25.6. The van der Waals surface area contributed by atoms with Gasteiger partial charge in [0, 0.05) is 17.4 Å². The first-order valence-electron chi connectivity index (χ1n) is 10.3. The summed E-state index contributed by atoms with van der Waals surface area (Å²) in [5.41, 5.74) is 0.419. The van der Waals surface area contributed by atoms with Crippen molar-refractivity contribution in [2.75, 3.05) is 5.75 Å². The molecule has 2 aliphatic rings. The molecular formula is C19H18N6O8S3. The number of β-lactam (4-membered cyclic amide) rings is 1. The van der Waals surface area contributed by atoms with Crippen LogP contribution in [0.4, 0.5) is 0 Å². The standard InChI is InChI=1S/C19H18N6O8S3/c26-10(5-7-3-4-34-14(7)18(32)33)20-12-15(29)25-13(17(30)31)8(6-35-16(12)25)9(1-2-11(27)28)36-19-21-23-24-22-19/h3-4,9,12,16H,1-2,5-6H2,(H,20,26)(H,27,28)(H,30,31)(H,32,33)(H,21,22,23,24)/t9?,12?,16-/m0/s1. The van der Waals surface area contributed by atoms with E-state index in [0.29, 0.717) is 11.1 Å². The van der Waals surface area contributed by atoms with E-state index in [1.807, 2.05) is 0 Å². The van der Waals surface area contributed by atoms with Crippen LogP contribution < -0.4 is 5.32 Å². The summed E-state index contributed by atoms with van der Waals surface area (Å²) in [6, 6.07) is 0.544. The van der Waals surface area contributed by atoms with Crippen molar-refractivity contribution < 1.29 is 39.3 Å². The number of fused-ring (bicyclic) bond motifs is 1. The Kier molecular flexibility index (Phi) is 7.60. The Bertz CT molecular complexity index is 1250. The van der Waals surface area contributed by atoms with Gasteiger partial charge in [-0.05, 0) is 39.4 Å². The number of aromatic carboxylic acids is 1. The van der Waals surface area contributed by atoms with Gasteiger partial charge >= 0.3 is 17.9 Å². The molecule has 1 fully saturated rings. The average molecular weight is 555 g/mol. The fraction of sp³-hybridized carbons (Fsp3) is 0.368. The second-order valence-electron chi connectivity index (χ2n) is 7.64. The Balaban J connectivity index is 1.52. The van der Waals surface area contributed by atoms with Crippen molar-refractivity contribution in [3.8, 4) is 0 Å². The van der Waals surface area contributed by atoms with Crippen LogP contribution in [-0.4, -0.2) is 93.0 Å². The summed E-state index contributed by atoms with van der Waals surface area (Å²) >= 11 is 3.30. The van der Waals surface area contributed by atoms with Gasteiger partial charge in [-0.1, -0.05) is 11.8 Å². The van der Waals surface area contributed by atoms with Crippen molar-refractivity contribution >= 4 is 64.6 Å². The molecule has 0 aromatic carbocycles. The molecule has 2 amide bonds. The van der Waals surface area contributed by atoms with Crippen molar-refractivity contribution in [3.05, 3.63) is 33.2 Å². The summed E-state index contributed by atoms with van der Waals surface area (Å²) in [6.45, 7) is 0. The number of nitrogens with one attached hydrogen (secondary N) is 2. The van der Waals surface area contributed by atoms with E-state index < -0.39 is 46.4 Å². The largest absolute Gasteiger partial charge is 0.481 e. The molecule has 2 unspecified atom stereocenters. The van der Waals surface area contributed by atoms with E-state index in [1.54, 1.807) is 5.38 Å². The van der Waals surface area contributed by atoms with Crippen molar-refractivity contribution in [3.63, 3.8) is 0 Å². The molecule has 190 valence electrons. The summed E-state index contributed by atoms with van der Waals surface area (Å²) in [5, 5.41) is 44.6. The van der Waals surface area contributed by atoms with E-state index in [4.69, 9.17) is 5.11 Å². The molecule has 2 aromatic rings. The molecule has 5 N–H and O–H groups in total. The molecule has 36 heavy (non-hydrogen) atoms.